The van der Waals surface area contributed by atoms with Crippen LogP contribution >= 0.6 is 39.1 Å². The maximum absolute atomic E-state index is 14.7. The number of carbonyl (C=O) groups excluding carboxylic acids is 1. The molecule has 3 N–H and O–H groups in total. The van der Waals surface area contributed by atoms with Gasteiger partial charge in [-0.05, 0) is 42.5 Å². The van der Waals surface area contributed by atoms with Crippen LogP contribution in [0.25, 0.3) is 16.7 Å². The first kappa shape index (κ1) is 20.6. The number of carbonyl (C=O) groups is 1. The van der Waals surface area contributed by atoms with Crippen molar-refractivity contribution in [3.8, 4) is 5.69 Å². The molecule has 5 nitrogen and oxygen atoms in total. The average Bonchev–Trinajstić information content (AvgIpc) is 3.06. The number of benzene rings is 3. The minimum atomic E-state index is -1.36. The number of hydrogen-bond acceptors (Lipinski definition) is 3. The van der Waals surface area contributed by atoms with Crippen molar-refractivity contribution in [2.45, 2.75) is 0 Å². The highest BCUT2D eigenvalue weighted by atomic mass is 79.9. The highest BCUT2D eigenvalue weighted by Crippen LogP contribution is 2.36. The van der Waals surface area contributed by atoms with Crippen molar-refractivity contribution in [1.82, 2.24) is 9.55 Å². The van der Waals surface area contributed by atoms with Crippen LogP contribution in [0.15, 0.2) is 53.0 Å². The predicted octanol–water partition coefficient (Wildman–Crippen LogP) is 6.22. The predicted molar refractivity (Wildman–Crippen MR) is 117 cm³/mol. The fourth-order valence-corrected chi connectivity index (χ4v) is 3.75. The van der Waals surface area contributed by atoms with Gasteiger partial charge in [0.1, 0.15) is 5.52 Å². The van der Waals surface area contributed by atoms with Gasteiger partial charge in [0.25, 0.3) is 5.91 Å². The fraction of sp³-hybridized carbons (Fsp3) is 0. The third-order valence-corrected chi connectivity index (χ3v) is 5.54. The van der Waals surface area contributed by atoms with Gasteiger partial charge in [-0.25, -0.2) is 13.8 Å². The molecule has 1 aromatic heterocycles. The zero-order valence-corrected chi connectivity index (χ0v) is 18.0. The molecule has 30 heavy (non-hydrogen) atoms. The molecule has 0 bridgehead atoms. The lowest BCUT2D eigenvalue weighted by atomic mass is 10.1. The summed E-state index contributed by atoms with van der Waals surface area (Å²) in [5.74, 6) is -3.63. The van der Waals surface area contributed by atoms with Crippen molar-refractivity contribution in [1.29, 1.82) is 0 Å². The maximum Gasteiger partial charge on any atom is 0.251 e. The Balaban J connectivity index is 2.04. The van der Waals surface area contributed by atoms with Gasteiger partial charge in [0.2, 0.25) is 5.95 Å². The van der Waals surface area contributed by atoms with Crippen LogP contribution in [0.3, 0.4) is 0 Å². The maximum atomic E-state index is 14.7. The molecule has 0 spiro atoms. The number of amides is 1. The van der Waals surface area contributed by atoms with E-state index in [9.17, 15) is 13.6 Å². The molecule has 1 heterocycles. The van der Waals surface area contributed by atoms with Crippen molar-refractivity contribution in [2.24, 2.45) is 5.73 Å². The summed E-state index contributed by atoms with van der Waals surface area (Å²) in [4.78, 5) is 15.8. The van der Waals surface area contributed by atoms with Crippen LogP contribution in [0.4, 0.5) is 20.4 Å². The zero-order chi connectivity index (χ0) is 21.6. The molecule has 1 amide bonds. The molecule has 0 aliphatic rings. The topological polar surface area (TPSA) is 72.9 Å². The Bertz CT molecular complexity index is 1290. The summed E-state index contributed by atoms with van der Waals surface area (Å²) in [7, 11) is 0. The third-order valence-electron chi connectivity index (χ3n) is 4.38. The molecule has 10 heteroatoms. The number of anilines is 2. The van der Waals surface area contributed by atoms with E-state index >= 15 is 0 Å². The lowest BCUT2D eigenvalue weighted by molar-refractivity contribution is 0.0995. The second-order valence-corrected chi connectivity index (χ2v) is 7.98. The first-order chi connectivity index (χ1) is 14.3. The number of nitrogens with one attached hydrogen (secondary N) is 1. The lowest BCUT2D eigenvalue weighted by Gasteiger charge is -2.13. The van der Waals surface area contributed by atoms with E-state index in [1.807, 2.05) is 0 Å². The molecule has 0 unspecified atom stereocenters. The summed E-state index contributed by atoms with van der Waals surface area (Å²) in [5.41, 5.74) is 5.39. The number of para-hydroxylation sites is 1. The van der Waals surface area contributed by atoms with Gasteiger partial charge in [-0.15, -0.1) is 0 Å². The molecule has 0 atom stereocenters. The molecular formula is C20H11BrCl2F2N4O. The number of rotatable bonds is 4. The normalized spacial score (nSPS) is 11.1. The Kier molecular flexibility index (Phi) is 5.40. The standard InChI is InChI=1S/C20H11BrCl2F2N4O/c21-9-4-6-10(7-5-9)29-14-8-11(19(26)30)15(24)16(25)18(14)28-20(29)27-17-12(22)2-1-3-13(17)23/h1-8H,(H2,26,30)(H,27,28). The summed E-state index contributed by atoms with van der Waals surface area (Å²) in [6, 6.07) is 13.1. The van der Waals surface area contributed by atoms with E-state index in [1.54, 1.807) is 42.5 Å². The van der Waals surface area contributed by atoms with Crippen LogP contribution in [-0.2, 0) is 0 Å². The molecule has 0 fully saturated rings. The minimum absolute atomic E-state index is 0.113. The van der Waals surface area contributed by atoms with E-state index in [0.29, 0.717) is 21.4 Å². The summed E-state index contributed by atoms with van der Waals surface area (Å²) in [6.45, 7) is 0. The second-order valence-electron chi connectivity index (χ2n) is 6.25. The molecule has 0 saturated carbocycles. The van der Waals surface area contributed by atoms with Crippen molar-refractivity contribution in [3.63, 3.8) is 0 Å². The quantitative estimate of drug-likeness (QED) is 0.342. The highest BCUT2D eigenvalue weighted by Gasteiger charge is 2.24. The number of fused-ring (bicyclic) bond motifs is 1. The van der Waals surface area contributed by atoms with Crippen molar-refractivity contribution >= 4 is 67.7 Å². The van der Waals surface area contributed by atoms with Crippen LogP contribution in [0, 0.1) is 11.6 Å². The van der Waals surface area contributed by atoms with Gasteiger partial charge < -0.3 is 11.1 Å². The molecule has 0 radical (unpaired) electrons. The molecule has 4 aromatic rings. The Hall–Kier alpha value is -2.68. The minimum Gasteiger partial charge on any atom is -0.366 e. The number of nitrogens with two attached hydrogens (primary N) is 1. The first-order valence-corrected chi connectivity index (χ1v) is 10.00. The summed E-state index contributed by atoms with van der Waals surface area (Å²) < 4.78 is 31.4. The monoisotopic (exact) mass is 510 g/mol. The van der Waals surface area contributed by atoms with Gasteiger partial charge in [-0.2, -0.15) is 0 Å². The number of primary amides is 1. The van der Waals surface area contributed by atoms with Crippen molar-refractivity contribution < 1.29 is 13.6 Å². The van der Waals surface area contributed by atoms with E-state index in [0.717, 1.165) is 10.5 Å². The number of hydrogen-bond donors (Lipinski definition) is 2. The Labute approximate surface area is 187 Å². The van der Waals surface area contributed by atoms with Gasteiger partial charge in [0.15, 0.2) is 11.6 Å². The SMILES string of the molecule is NC(=O)c1cc2c(nc(Nc3c(Cl)cccc3Cl)n2-c2ccc(Br)cc2)c(F)c1F. The molecule has 4 rings (SSSR count). The van der Waals surface area contributed by atoms with Gasteiger partial charge in [0, 0.05) is 10.2 Å². The van der Waals surface area contributed by atoms with Crippen molar-refractivity contribution in [3.05, 3.63) is 80.2 Å². The molecule has 0 aliphatic carbocycles. The van der Waals surface area contributed by atoms with Crippen LogP contribution < -0.4 is 11.1 Å². The van der Waals surface area contributed by atoms with E-state index in [1.165, 1.54) is 4.57 Å². The average molecular weight is 512 g/mol. The summed E-state index contributed by atoms with van der Waals surface area (Å²) in [5, 5.41) is 3.59. The van der Waals surface area contributed by atoms with Crippen LogP contribution in [0.5, 0.6) is 0 Å². The van der Waals surface area contributed by atoms with Gasteiger partial charge in [-0.3, -0.25) is 9.36 Å². The summed E-state index contributed by atoms with van der Waals surface area (Å²) >= 11 is 15.8. The molecular weight excluding hydrogens is 501 g/mol. The molecule has 0 saturated heterocycles. The van der Waals surface area contributed by atoms with Crippen molar-refractivity contribution in [2.75, 3.05) is 5.32 Å². The van der Waals surface area contributed by atoms with Crippen LogP contribution in [-0.4, -0.2) is 15.5 Å². The van der Waals surface area contributed by atoms with Crippen LogP contribution in [0.1, 0.15) is 10.4 Å². The van der Waals surface area contributed by atoms with Gasteiger partial charge in [0.05, 0.1) is 26.8 Å². The smallest absolute Gasteiger partial charge is 0.251 e. The Morgan fingerprint density at radius 2 is 1.70 bits per heavy atom. The summed E-state index contributed by atoms with van der Waals surface area (Å²) in [6.07, 6.45) is 0. The van der Waals surface area contributed by atoms with E-state index in [-0.39, 0.29) is 17.0 Å². The lowest BCUT2D eigenvalue weighted by Crippen LogP contribution is -2.14. The second kappa shape index (κ2) is 7.86. The number of imidazole rings is 1. The highest BCUT2D eigenvalue weighted by molar-refractivity contribution is 9.10. The van der Waals surface area contributed by atoms with Gasteiger partial charge >= 0.3 is 0 Å². The fourth-order valence-electron chi connectivity index (χ4n) is 2.99. The zero-order valence-electron chi connectivity index (χ0n) is 14.9. The molecule has 0 aliphatic heterocycles. The van der Waals surface area contributed by atoms with E-state index in [4.69, 9.17) is 28.9 Å². The third kappa shape index (κ3) is 3.51. The van der Waals surface area contributed by atoms with Crippen LogP contribution in [0.2, 0.25) is 10.0 Å². The van der Waals surface area contributed by atoms with E-state index < -0.39 is 23.1 Å². The first-order valence-electron chi connectivity index (χ1n) is 8.45. The number of nitrogens with zero attached hydrogens (tertiary/aromatic N) is 2. The number of halogens is 5. The molecule has 3 aromatic carbocycles. The largest absolute Gasteiger partial charge is 0.366 e. The number of aromatic nitrogens is 2. The van der Waals surface area contributed by atoms with E-state index in [2.05, 4.69) is 26.2 Å². The Morgan fingerprint density at radius 3 is 2.30 bits per heavy atom. The van der Waals surface area contributed by atoms with Gasteiger partial charge in [-0.1, -0.05) is 45.2 Å². The Morgan fingerprint density at radius 1 is 1.07 bits per heavy atom. The molecule has 152 valence electrons.